The van der Waals surface area contributed by atoms with Gasteiger partial charge in [-0.1, -0.05) is 56.3 Å². The summed E-state index contributed by atoms with van der Waals surface area (Å²) in [5.41, 5.74) is -3.60. The van der Waals surface area contributed by atoms with Crippen molar-refractivity contribution in [1.82, 2.24) is 0 Å². The lowest BCUT2D eigenvalue weighted by atomic mass is 9.90. The average Bonchev–Trinajstić information content (AvgIpc) is 2.53. The van der Waals surface area contributed by atoms with Crippen molar-refractivity contribution in [2.75, 3.05) is 0 Å². The van der Waals surface area contributed by atoms with Gasteiger partial charge in [-0.25, -0.2) is 0 Å². The van der Waals surface area contributed by atoms with E-state index in [1.165, 1.54) is 12.1 Å². The van der Waals surface area contributed by atoms with Crippen LogP contribution in [0.25, 0.3) is 11.1 Å². The zero-order valence-corrected chi connectivity index (χ0v) is 14.0. The van der Waals surface area contributed by atoms with Crippen LogP contribution in [-0.2, 0) is 10.1 Å². The third-order valence-corrected chi connectivity index (χ3v) is 4.73. The molecule has 130 valence electrons. The second kappa shape index (κ2) is 6.84. The highest BCUT2D eigenvalue weighted by molar-refractivity contribution is 7.88. The predicted octanol–water partition coefficient (Wildman–Crippen LogP) is 5.10. The van der Waals surface area contributed by atoms with Gasteiger partial charge in [-0.15, -0.1) is 0 Å². The van der Waals surface area contributed by atoms with Crippen molar-refractivity contribution in [1.29, 1.82) is 0 Å². The molecule has 2 aromatic carbocycles. The summed E-state index contributed by atoms with van der Waals surface area (Å²) in [5, 5.41) is 0. The summed E-state index contributed by atoms with van der Waals surface area (Å²) in [4.78, 5) is 0. The van der Waals surface area contributed by atoms with E-state index in [0.29, 0.717) is 11.1 Å². The molecule has 0 N–H and O–H groups in total. The van der Waals surface area contributed by atoms with Crippen molar-refractivity contribution in [3.63, 3.8) is 0 Å². The van der Waals surface area contributed by atoms with Crippen LogP contribution < -0.4 is 4.18 Å². The van der Waals surface area contributed by atoms with E-state index in [-0.39, 0.29) is 11.7 Å². The van der Waals surface area contributed by atoms with Crippen LogP contribution in [0.4, 0.5) is 13.2 Å². The predicted molar refractivity (Wildman–Crippen MR) is 86.2 cm³/mol. The van der Waals surface area contributed by atoms with Gasteiger partial charge < -0.3 is 4.18 Å². The summed E-state index contributed by atoms with van der Waals surface area (Å²) in [7, 11) is -5.72. The van der Waals surface area contributed by atoms with Gasteiger partial charge in [-0.05, 0) is 29.5 Å². The standard InChI is InChI=1S/C17H17F3O3S/c1-3-12(2)13-8-4-5-9-14(13)15-10-6-7-11-16(15)23-24(21,22)17(18,19)20/h4-12H,3H2,1-2H3. The molecule has 0 spiro atoms. The first kappa shape index (κ1) is 18.3. The number of para-hydroxylation sites is 1. The molecule has 0 heterocycles. The van der Waals surface area contributed by atoms with Gasteiger partial charge in [0.1, 0.15) is 0 Å². The Kier molecular flexibility index (Phi) is 5.22. The first-order valence-corrected chi connectivity index (χ1v) is 8.77. The Hall–Kier alpha value is -2.02. The SMILES string of the molecule is CCC(C)c1ccccc1-c1ccccc1OS(=O)(=O)C(F)(F)F. The summed E-state index contributed by atoms with van der Waals surface area (Å²) in [6.07, 6.45) is 0.834. The first-order chi connectivity index (χ1) is 11.2. The molecule has 24 heavy (non-hydrogen) atoms. The Morgan fingerprint density at radius 1 is 1.00 bits per heavy atom. The molecular weight excluding hydrogens is 341 g/mol. The zero-order chi connectivity index (χ0) is 18.0. The number of benzene rings is 2. The molecule has 0 aromatic heterocycles. The summed E-state index contributed by atoms with van der Waals surface area (Å²) in [5.74, 6) is -0.181. The van der Waals surface area contributed by atoms with Crippen molar-refractivity contribution in [3.8, 4) is 16.9 Å². The molecule has 0 radical (unpaired) electrons. The maximum atomic E-state index is 12.6. The maximum absolute atomic E-state index is 12.6. The number of rotatable bonds is 5. The Morgan fingerprint density at radius 2 is 1.54 bits per heavy atom. The quantitative estimate of drug-likeness (QED) is 0.552. The lowest BCUT2D eigenvalue weighted by Gasteiger charge is -2.18. The number of alkyl halides is 3. The van der Waals surface area contributed by atoms with Gasteiger partial charge in [0.05, 0.1) is 0 Å². The molecule has 1 unspecified atom stereocenters. The van der Waals surface area contributed by atoms with Crippen LogP contribution in [0.5, 0.6) is 5.75 Å². The van der Waals surface area contributed by atoms with Crippen molar-refractivity contribution in [3.05, 3.63) is 54.1 Å². The lowest BCUT2D eigenvalue weighted by molar-refractivity contribution is -0.0499. The van der Waals surface area contributed by atoms with E-state index in [9.17, 15) is 21.6 Å². The van der Waals surface area contributed by atoms with Crippen LogP contribution in [-0.4, -0.2) is 13.9 Å². The van der Waals surface area contributed by atoms with Crippen molar-refractivity contribution in [2.45, 2.75) is 31.7 Å². The molecule has 0 fully saturated rings. The third kappa shape index (κ3) is 3.72. The zero-order valence-electron chi connectivity index (χ0n) is 13.2. The smallest absolute Gasteiger partial charge is 0.375 e. The summed E-state index contributed by atoms with van der Waals surface area (Å²) in [6, 6.07) is 13.0. The third-order valence-electron chi connectivity index (χ3n) is 3.76. The highest BCUT2D eigenvalue weighted by Crippen LogP contribution is 2.38. The molecule has 1 atom stereocenters. The number of hydrogen-bond donors (Lipinski definition) is 0. The fourth-order valence-electron chi connectivity index (χ4n) is 2.32. The molecule has 0 bridgehead atoms. The minimum atomic E-state index is -5.72. The Labute approximate surface area is 139 Å². The van der Waals surface area contributed by atoms with E-state index in [4.69, 9.17) is 0 Å². The minimum absolute atomic E-state index is 0.161. The van der Waals surface area contributed by atoms with Gasteiger partial charge in [-0.2, -0.15) is 21.6 Å². The minimum Gasteiger partial charge on any atom is -0.375 e. The van der Waals surface area contributed by atoms with E-state index < -0.39 is 15.6 Å². The van der Waals surface area contributed by atoms with Crippen LogP contribution in [0.2, 0.25) is 0 Å². The van der Waals surface area contributed by atoms with E-state index >= 15 is 0 Å². The lowest BCUT2D eigenvalue weighted by Crippen LogP contribution is -2.28. The van der Waals surface area contributed by atoms with Crippen molar-refractivity contribution in [2.24, 2.45) is 0 Å². The fraction of sp³-hybridized carbons (Fsp3) is 0.294. The van der Waals surface area contributed by atoms with E-state index in [1.807, 2.05) is 26.0 Å². The summed E-state index contributed by atoms with van der Waals surface area (Å²) in [6.45, 7) is 3.99. The summed E-state index contributed by atoms with van der Waals surface area (Å²) < 4.78 is 64.8. The highest BCUT2D eigenvalue weighted by atomic mass is 32.2. The van der Waals surface area contributed by atoms with Crippen LogP contribution in [0, 0.1) is 0 Å². The second-order valence-corrected chi connectivity index (χ2v) is 6.91. The normalized spacial score (nSPS) is 13.5. The topological polar surface area (TPSA) is 43.4 Å². The highest BCUT2D eigenvalue weighted by Gasteiger charge is 2.48. The average molecular weight is 358 g/mol. The van der Waals surface area contributed by atoms with Gasteiger partial charge in [0.15, 0.2) is 5.75 Å². The molecular formula is C17H17F3O3S. The van der Waals surface area contributed by atoms with Crippen LogP contribution >= 0.6 is 0 Å². The largest absolute Gasteiger partial charge is 0.534 e. The molecule has 0 saturated heterocycles. The van der Waals surface area contributed by atoms with Crippen LogP contribution in [0.1, 0.15) is 31.7 Å². The van der Waals surface area contributed by atoms with E-state index in [0.717, 1.165) is 12.0 Å². The molecule has 0 aliphatic carbocycles. The van der Waals surface area contributed by atoms with E-state index in [2.05, 4.69) is 4.18 Å². The Balaban J connectivity index is 2.56. The second-order valence-electron chi connectivity index (χ2n) is 5.38. The monoisotopic (exact) mass is 358 g/mol. The first-order valence-electron chi connectivity index (χ1n) is 7.36. The maximum Gasteiger partial charge on any atom is 0.534 e. The molecule has 2 aromatic rings. The van der Waals surface area contributed by atoms with Crippen LogP contribution in [0.15, 0.2) is 48.5 Å². The molecule has 2 rings (SSSR count). The van der Waals surface area contributed by atoms with Gasteiger partial charge in [-0.3, -0.25) is 0 Å². The van der Waals surface area contributed by atoms with Gasteiger partial charge in [0, 0.05) is 5.56 Å². The Morgan fingerprint density at radius 3 is 2.12 bits per heavy atom. The van der Waals surface area contributed by atoms with Gasteiger partial charge >= 0.3 is 15.6 Å². The Bertz CT molecular complexity index is 814. The van der Waals surface area contributed by atoms with Gasteiger partial charge in [0.2, 0.25) is 0 Å². The van der Waals surface area contributed by atoms with Gasteiger partial charge in [0.25, 0.3) is 0 Å². The molecule has 0 aliphatic heterocycles. The van der Waals surface area contributed by atoms with Crippen LogP contribution in [0.3, 0.4) is 0 Å². The molecule has 7 heteroatoms. The summed E-state index contributed by atoms with van der Waals surface area (Å²) >= 11 is 0. The fourth-order valence-corrected chi connectivity index (χ4v) is 2.80. The molecule has 3 nitrogen and oxygen atoms in total. The molecule has 0 aliphatic rings. The van der Waals surface area contributed by atoms with Crippen molar-refractivity contribution < 1.29 is 25.8 Å². The molecule has 0 amide bonds. The number of hydrogen-bond acceptors (Lipinski definition) is 3. The molecule has 0 saturated carbocycles. The van der Waals surface area contributed by atoms with Crippen molar-refractivity contribution >= 4 is 10.1 Å². The number of halogens is 3. The van der Waals surface area contributed by atoms with E-state index in [1.54, 1.807) is 24.3 Å².